The van der Waals surface area contributed by atoms with Gasteiger partial charge in [0.2, 0.25) is 11.8 Å². The van der Waals surface area contributed by atoms with E-state index >= 15 is 0 Å². The molecule has 0 aliphatic rings. The van der Waals surface area contributed by atoms with Gasteiger partial charge in [0.1, 0.15) is 0 Å². The van der Waals surface area contributed by atoms with E-state index in [9.17, 15) is 9.59 Å². The van der Waals surface area contributed by atoms with Crippen molar-refractivity contribution in [2.75, 3.05) is 11.9 Å². The lowest BCUT2D eigenvalue weighted by Crippen LogP contribution is -2.38. The molecular weight excluding hydrogens is 240 g/mol. The molecule has 2 amide bonds. The normalized spacial score (nSPS) is 11.7. The Labute approximate surface area is 114 Å². The predicted molar refractivity (Wildman–Crippen MR) is 76.8 cm³/mol. The van der Waals surface area contributed by atoms with Gasteiger partial charge in [0.05, 0.1) is 0 Å². The SMILES string of the molecule is CCC(C)N(CCC(=O)Nc1ccccc1)C(C)=O. The smallest absolute Gasteiger partial charge is 0.226 e. The number of carbonyl (C=O) groups is 2. The predicted octanol–water partition coefficient (Wildman–Crippen LogP) is 2.66. The number of benzene rings is 1. The zero-order valence-electron chi connectivity index (χ0n) is 11.8. The highest BCUT2D eigenvalue weighted by molar-refractivity contribution is 5.91. The molecule has 0 heterocycles. The molecule has 1 rings (SSSR count). The summed E-state index contributed by atoms with van der Waals surface area (Å²) in [5.74, 6) is -0.0531. The van der Waals surface area contributed by atoms with Crippen molar-refractivity contribution in [2.24, 2.45) is 0 Å². The summed E-state index contributed by atoms with van der Waals surface area (Å²) in [7, 11) is 0. The highest BCUT2D eigenvalue weighted by Crippen LogP contribution is 2.08. The monoisotopic (exact) mass is 262 g/mol. The summed E-state index contributed by atoms with van der Waals surface area (Å²) in [4.78, 5) is 25.1. The molecule has 0 aliphatic heterocycles. The number of nitrogens with zero attached hydrogens (tertiary/aromatic N) is 1. The van der Waals surface area contributed by atoms with E-state index in [1.807, 2.05) is 44.2 Å². The minimum Gasteiger partial charge on any atom is -0.340 e. The Morgan fingerprint density at radius 3 is 2.42 bits per heavy atom. The van der Waals surface area contributed by atoms with Crippen molar-refractivity contribution < 1.29 is 9.59 Å². The van der Waals surface area contributed by atoms with Crippen molar-refractivity contribution in [1.82, 2.24) is 4.90 Å². The van der Waals surface area contributed by atoms with Crippen LogP contribution < -0.4 is 5.32 Å². The first kappa shape index (κ1) is 15.2. The molecule has 1 aromatic carbocycles. The molecule has 19 heavy (non-hydrogen) atoms. The third kappa shape index (κ3) is 5.12. The molecule has 0 spiro atoms. The maximum atomic E-state index is 11.8. The highest BCUT2D eigenvalue weighted by atomic mass is 16.2. The number of nitrogens with one attached hydrogen (secondary N) is 1. The fourth-order valence-corrected chi connectivity index (χ4v) is 1.88. The lowest BCUT2D eigenvalue weighted by molar-refractivity contribution is -0.131. The van der Waals surface area contributed by atoms with E-state index < -0.39 is 0 Å². The third-order valence-electron chi connectivity index (χ3n) is 3.16. The number of anilines is 1. The van der Waals surface area contributed by atoms with Crippen molar-refractivity contribution in [2.45, 2.75) is 39.7 Å². The molecular formula is C15H22N2O2. The van der Waals surface area contributed by atoms with Gasteiger partial charge in [-0.2, -0.15) is 0 Å². The van der Waals surface area contributed by atoms with Crippen LogP contribution in [0.4, 0.5) is 5.69 Å². The van der Waals surface area contributed by atoms with Crippen LogP contribution in [0.3, 0.4) is 0 Å². The standard InChI is InChI=1S/C15H22N2O2/c1-4-12(2)17(13(3)18)11-10-15(19)16-14-8-6-5-7-9-14/h5-9,12H,4,10-11H2,1-3H3,(H,16,19). The zero-order valence-corrected chi connectivity index (χ0v) is 11.8. The largest absolute Gasteiger partial charge is 0.340 e. The van der Waals surface area contributed by atoms with Gasteiger partial charge in [-0.15, -0.1) is 0 Å². The Balaban J connectivity index is 2.46. The van der Waals surface area contributed by atoms with E-state index in [4.69, 9.17) is 0 Å². The first-order chi connectivity index (χ1) is 9.04. The van der Waals surface area contributed by atoms with Crippen molar-refractivity contribution in [3.05, 3.63) is 30.3 Å². The summed E-state index contributed by atoms with van der Waals surface area (Å²) < 4.78 is 0. The van der Waals surface area contributed by atoms with E-state index in [1.54, 1.807) is 11.8 Å². The molecule has 0 aromatic heterocycles. The van der Waals surface area contributed by atoms with Gasteiger partial charge < -0.3 is 10.2 Å². The Morgan fingerprint density at radius 2 is 1.89 bits per heavy atom. The summed E-state index contributed by atoms with van der Waals surface area (Å²) in [6.45, 7) is 6.03. The van der Waals surface area contributed by atoms with Crippen LogP contribution in [0.2, 0.25) is 0 Å². The van der Waals surface area contributed by atoms with Crippen LogP contribution >= 0.6 is 0 Å². The molecule has 4 nitrogen and oxygen atoms in total. The van der Waals surface area contributed by atoms with Crippen LogP contribution in [0.15, 0.2) is 30.3 Å². The Morgan fingerprint density at radius 1 is 1.26 bits per heavy atom. The first-order valence-corrected chi connectivity index (χ1v) is 6.66. The third-order valence-corrected chi connectivity index (χ3v) is 3.16. The summed E-state index contributed by atoms with van der Waals surface area (Å²) in [6, 6.07) is 9.50. The summed E-state index contributed by atoms with van der Waals surface area (Å²) >= 11 is 0. The molecule has 0 bridgehead atoms. The van der Waals surface area contributed by atoms with E-state index in [1.165, 1.54) is 0 Å². The fourth-order valence-electron chi connectivity index (χ4n) is 1.88. The van der Waals surface area contributed by atoms with Gasteiger partial charge >= 0.3 is 0 Å². The van der Waals surface area contributed by atoms with Gasteiger partial charge in [0.25, 0.3) is 0 Å². The summed E-state index contributed by atoms with van der Waals surface area (Å²) in [6.07, 6.45) is 1.21. The van der Waals surface area contributed by atoms with Crippen molar-refractivity contribution in [3.63, 3.8) is 0 Å². The van der Waals surface area contributed by atoms with Gasteiger partial charge in [0, 0.05) is 31.6 Å². The molecule has 0 fully saturated rings. The van der Waals surface area contributed by atoms with Gasteiger partial charge in [-0.25, -0.2) is 0 Å². The maximum Gasteiger partial charge on any atom is 0.226 e. The Kier molecular flexibility index (Phi) is 6.06. The van der Waals surface area contributed by atoms with E-state index in [-0.39, 0.29) is 17.9 Å². The lowest BCUT2D eigenvalue weighted by Gasteiger charge is -2.27. The average Bonchev–Trinajstić information content (AvgIpc) is 2.39. The number of hydrogen-bond donors (Lipinski definition) is 1. The minimum absolute atomic E-state index is 0.0156. The van der Waals surface area contributed by atoms with Crippen LogP contribution in [0, 0.1) is 0 Å². The molecule has 0 aliphatic carbocycles. The van der Waals surface area contributed by atoms with Crippen LogP contribution in [0.25, 0.3) is 0 Å². The van der Waals surface area contributed by atoms with Crippen LogP contribution in [0.1, 0.15) is 33.6 Å². The lowest BCUT2D eigenvalue weighted by atomic mass is 10.2. The van der Waals surface area contributed by atoms with Gasteiger partial charge in [-0.05, 0) is 25.5 Å². The molecule has 1 aromatic rings. The Hall–Kier alpha value is -1.84. The van der Waals surface area contributed by atoms with Gasteiger partial charge in [-0.3, -0.25) is 9.59 Å². The second-order valence-electron chi connectivity index (χ2n) is 4.63. The molecule has 0 saturated carbocycles. The van der Waals surface area contributed by atoms with Crippen LogP contribution in [0.5, 0.6) is 0 Å². The molecule has 0 saturated heterocycles. The van der Waals surface area contributed by atoms with E-state index in [0.717, 1.165) is 12.1 Å². The van der Waals surface area contributed by atoms with E-state index in [2.05, 4.69) is 5.32 Å². The zero-order chi connectivity index (χ0) is 14.3. The number of amides is 2. The number of hydrogen-bond acceptors (Lipinski definition) is 2. The van der Waals surface area contributed by atoms with Crippen molar-refractivity contribution >= 4 is 17.5 Å². The molecule has 1 unspecified atom stereocenters. The second kappa shape index (κ2) is 7.56. The maximum absolute atomic E-state index is 11.8. The van der Waals surface area contributed by atoms with E-state index in [0.29, 0.717) is 13.0 Å². The van der Waals surface area contributed by atoms with Crippen molar-refractivity contribution in [3.8, 4) is 0 Å². The summed E-state index contributed by atoms with van der Waals surface area (Å²) in [5.41, 5.74) is 0.783. The van der Waals surface area contributed by atoms with Gasteiger partial charge in [0.15, 0.2) is 0 Å². The van der Waals surface area contributed by atoms with Crippen LogP contribution in [-0.2, 0) is 9.59 Å². The number of carbonyl (C=O) groups excluding carboxylic acids is 2. The fraction of sp³-hybridized carbons (Fsp3) is 0.467. The summed E-state index contributed by atoms with van der Waals surface area (Å²) in [5, 5.41) is 2.82. The second-order valence-corrected chi connectivity index (χ2v) is 4.63. The quantitative estimate of drug-likeness (QED) is 0.856. The Bertz CT molecular complexity index is 417. The molecule has 4 heteroatoms. The molecule has 0 radical (unpaired) electrons. The van der Waals surface area contributed by atoms with Crippen molar-refractivity contribution in [1.29, 1.82) is 0 Å². The molecule has 1 N–H and O–H groups in total. The number of rotatable bonds is 6. The highest BCUT2D eigenvalue weighted by Gasteiger charge is 2.16. The molecule has 104 valence electrons. The minimum atomic E-state index is -0.0687. The number of para-hydroxylation sites is 1. The topological polar surface area (TPSA) is 49.4 Å². The first-order valence-electron chi connectivity index (χ1n) is 6.66. The van der Waals surface area contributed by atoms with Crippen LogP contribution in [-0.4, -0.2) is 29.3 Å². The van der Waals surface area contributed by atoms with Gasteiger partial charge in [-0.1, -0.05) is 25.1 Å². The average molecular weight is 262 g/mol. The molecule has 1 atom stereocenters.